The third-order valence-corrected chi connectivity index (χ3v) is 15.2. The molecule has 0 spiro atoms. The zero-order valence-corrected chi connectivity index (χ0v) is 54.0. The van der Waals surface area contributed by atoms with Crippen LogP contribution in [0.4, 0.5) is 0 Å². The molecule has 9 atom stereocenters. The van der Waals surface area contributed by atoms with Gasteiger partial charge in [-0.2, -0.15) is 0 Å². The van der Waals surface area contributed by atoms with Crippen molar-refractivity contribution in [2.75, 3.05) is 13.1 Å². The lowest BCUT2D eigenvalue weighted by molar-refractivity contribution is -0.142. The van der Waals surface area contributed by atoms with E-state index in [1.807, 2.05) is 27.7 Å². The first kappa shape index (κ1) is 76.4. The number of nitrogens with zero attached hydrogens (tertiary/aromatic N) is 6. The van der Waals surface area contributed by atoms with Crippen molar-refractivity contribution in [3.63, 3.8) is 0 Å². The van der Waals surface area contributed by atoms with Crippen molar-refractivity contribution in [3.8, 4) is 0 Å². The molecule has 510 valence electrons. The number of nitrogens with one attached hydrogen (secondary N) is 8. The molecule has 93 heavy (non-hydrogen) atoms. The Bertz CT molecular complexity index is 3070. The molecule has 4 rings (SSSR count). The average Bonchev–Trinajstić information content (AvgIpc) is 1.37. The summed E-state index contributed by atoms with van der Waals surface area (Å²) >= 11 is 0. The minimum atomic E-state index is -1.36. The Kier molecular flexibility index (Phi) is 32.9. The second-order valence-corrected chi connectivity index (χ2v) is 24.1. The van der Waals surface area contributed by atoms with Crippen molar-refractivity contribution < 1.29 is 63.0 Å². The number of hydrogen-bond donors (Lipinski definition) is 13. The molecule has 2 aromatic carbocycles. The van der Waals surface area contributed by atoms with Gasteiger partial charge in [0.15, 0.2) is 0 Å². The van der Waals surface area contributed by atoms with Crippen LogP contribution < -0.4 is 59.7 Å². The average molecular weight is 1300 g/mol. The second kappa shape index (κ2) is 40.1. The number of aryl methyl sites for hydroxylation is 2. The zero-order chi connectivity index (χ0) is 68.6. The van der Waals surface area contributed by atoms with Crippen molar-refractivity contribution in [1.82, 2.24) is 72.5 Å². The number of hydrogen-bond acceptors (Lipinski definition) is 18. The van der Waals surface area contributed by atoms with E-state index in [9.17, 15) is 63.0 Å². The molecule has 0 saturated heterocycles. The van der Waals surface area contributed by atoms with E-state index in [1.54, 1.807) is 65.3 Å². The van der Waals surface area contributed by atoms with Gasteiger partial charge in [0.1, 0.15) is 48.1 Å². The first-order valence-corrected chi connectivity index (χ1v) is 31.6. The van der Waals surface area contributed by atoms with Gasteiger partial charge >= 0.3 is 11.9 Å². The lowest BCUT2D eigenvalue weighted by Crippen LogP contribution is -2.60. The summed E-state index contributed by atoms with van der Waals surface area (Å²) in [5, 5.41) is 56.9. The fraction of sp³-hybridized carbons (Fsp3) is 0.571. The number of amides is 8. The molecule has 0 bridgehead atoms. The van der Waals surface area contributed by atoms with Crippen molar-refractivity contribution in [2.45, 2.75) is 205 Å². The van der Waals surface area contributed by atoms with Crippen LogP contribution in [0.1, 0.15) is 135 Å². The first-order valence-electron chi connectivity index (χ1n) is 31.6. The monoisotopic (exact) mass is 1300 g/mol. The van der Waals surface area contributed by atoms with Crippen LogP contribution in [0.2, 0.25) is 0 Å². The number of aliphatic carboxylic acids is 2. The lowest BCUT2D eigenvalue weighted by atomic mass is 9.98. The molecule has 0 fully saturated rings. The normalized spacial score (nSPS) is 14.2. The van der Waals surface area contributed by atoms with Crippen molar-refractivity contribution in [2.24, 2.45) is 29.0 Å². The summed E-state index contributed by atoms with van der Waals surface area (Å²) in [6.07, 6.45) is 5.99. The van der Waals surface area contributed by atoms with Gasteiger partial charge < -0.3 is 69.9 Å². The minimum absolute atomic E-state index is 0.0167. The standard InChI is InChI=1S/C63H95N17O13/c1-38(2)29-51(71-55(83)37-67-56(84)47(66)34-45-36-69-78-80(45)28-17-14-24-49(62(90)91)70-41(6)82)58(86)74-52(30-39(3)4)59(87)75-54(32-43-21-11-8-12-22-43)61(89)76-53(31-42-19-9-7-10-20-42)60(88)72-48(23-13-16-26-64)57(85)73-50(63(92)93)25-15-18-27-79-44(35-68-77-79)33-46(65)40(5)81/h7-12,19-22,35-36,38-39,46-54H,13-18,23-34,37,64-66H2,1-6H3,(H,67,84)(H,70,82)(H,71,83)(H,72,88)(H,73,85)(H,74,86)(H,75,87)(H,76,89)(H,90,91)(H,92,93)/t46-,47-,48?,49+,50-,51-,52-,53-,54-/m1/s1. The largest absolute Gasteiger partial charge is 0.480 e. The molecule has 8 amide bonds. The van der Waals surface area contributed by atoms with E-state index < -0.39 is 120 Å². The molecule has 2 heterocycles. The van der Waals surface area contributed by atoms with Crippen LogP contribution in [0.25, 0.3) is 0 Å². The first-order chi connectivity index (χ1) is 44.2. The van der Waals surface area contributed by atoms with Crippen molar-refractivity contribution in [1.29, 1.82) is 0 Å². The zero-order valence-electron chi connectivity index (χ0n) is 54.0. The predicted molar refractivity (Wildman–Crippen MR) is 341 cm³/mol. The molecule has 1 unspecified atom stereocenters. The number of Topliss-reactive ketones (excluding diaryl/α,β-unsaturated/α-hetero) is 1. The Morgan fingerprint density at radius 1 is 0.462 bits per heavy atom. The lowest BCUT2D eigenvalue weighted by Gasteiger charge is -2.28. The summed E-state index contributed by atoms with van der Waals surface area (Å²) in [6, 6.07) is 6.81. The molecule has 0 saturated carbocycles. The van der Waals surface area contributed by atoms with Gasteiger partial charge in [-0.25, -0.2) is 19.0 Å². The van der Waals surface area contributed by atoms with Gasteiger partial charge in [-0.3, -0.25) is 43.2 Å². The van der Waals surface area contributed by atoms with Gasteiger partial charge in [0.2, 0.25) is 47.3 Å². The molecular formula is C63H95N17O13. The summed E-state index contributed by atoms with van der Waals surface area (Å²) in [5.41, 5.74) is 20.4. The fourth-order valence-corrected chi connectivity index (χ4v) is 10.1. The number of nitrogens with two attached hydrogens (primary N) is 3. The number of unbranched alkanes of at least 4 members (excludes halogenated alkanes) is 3. The number of carboxylic acids is 2. The Morgan fingerprint density at radius 3 is 1.29 bits per heavy atom. The summed E-state index contributed by atoms with van der Waals surface area (Å²) in [4.78, 5) is 146. The van der Waals surface area contributed by atoms with E-state index in [1.165, 1.54) is 30.9 Å². The van der Waals surface area contributed by atoms with E-state index >= 15 is 0 Å². The maximum absolute atomic E-state index is 14.8. The molecular weight excluding hydrogens is 1200 g/mol. The molecule has 2 aromatic heterocycles. The van der Waals surface area contributed by atoms with Crippen molar-refractivity contribution >= 4 is 65.0 Å². The maximum atomic E-state index is 14.8. The van der Waals surface area contributed by atoms with Gasteiger partial charge in [-0.15, -0.1) is 10.2 Å². The highest BCUT2D eigenvalue weighted by molar-refractivity contribution is 5.97. The van der Waals surface area contributed by atoms with Crippen LogP contribution in [0.5, 0.6) is 0 Å². The number of ketones is 1. The highest BCUT2D eigenvalue weighted by Crippen LogP contribution is 2.15. The number of benzene rings is 2. The maximum Gasteiger partial charge on any atom is 0.326 e. The molecule has 30 heteroatoms. The third kappa shape index (κ3) is 28.2. The summed E-state index contributed by atoms with van der Waals surface area (Å²) in [5.74, 6) is -8.69. The van der Waals surface area contributed by atoms with Crippen LogP contribution in [-0.2, 0) is 91.5 Å². The second-order valence-electron chi connectivity index (χ2n) is 24.1. The Labute approximate surface area is 541 Å². The molecule has 16 N–H and O–H groups in total. The quantitative estimate of drug-likeness (QED) is 0.0252. The Balaban J connectivity index is 1.48. The SMILES string of the molecule is CC(=O)N[C@@H](CCCCn1nncc1C[C@@H](N)C(=O)NCC(=O)N[C@H](CC(C)C)C(=O)N[C@H](CC(C)C)C(=O)N[C@H](Cc1ccccc1)C(=O)N[C@H](Cc1ccccc1)C(=O)NC(CCCCN)C(=O)N[C@H](CCCCn1nncc1C[C@@H](N)C(C)=O)C(=O)O)C(=O)O. The Hall–Kier alpha value is -9.03. The van der Waals surface area contributed by atoms with Crippen LogP contribution >= 0.6 is 0 Å². The number of carboxylic acid groups (broad SMARTS) is 2. The van der Waals surface area contributed by atoms with Crippen LogP contribution in [0.15, 0.2) is 73.1 Å². The van der Waals surface area contributed by atoms with Gasteiger partial charge in [-0.05, 0) is 107 Å². The van der Waals surface area contributed by atoms with Crippen LogP contribution in [-0.4, -0.2) is 173 Å². The van der Waals surface area contributed by atoms with Gasteiger partial charge in [0, 0.05) is 45.7 Å². The third-order valence-electron chi connectivity index (χ3n) is 15.2. The summed E-state index contributed by atoms with van der Waals surface area (Å²) in [6.45, 7) is 10.3. The minimum Gasteiger partial charge on any atom is -0.480 e. The van der Waals surface area contributed by atoms with Gasteiger partial charge in [-0.1, -0.05) is 98.8 Å². The molecule has 4 aromatic rings. The summed E-state index contributed by atoms with van der Waals surface area (Å²) in [7, 11) is 0. The van der Waals surface area contributed by atoms with E-state index in [0.29, 0.717) is 74.1 Å². The van der Waals surface area contributed by atoms with Gasteiger partial charge in [0.25, 0.3) is 0 Å². The van der Waals surface area contributed by atoms with Crippen LogP contribution in [0.3, 0.4) is 0 Å². The molecule has 0 aliphatic carbocycles. The fourth-order valence-electron chi connectivity index (χ4n) is 10.1. The smallest absolute Gasteiger partial charge is 0.326 e. The van der Waals surface area contributed by atoms with E-state index in [-0.39, 0.29) is 82.0 Å². The van der Waals surface area contributed by atoms with Gasteiger partial charge in [0.05, 0.1) is 42.4 Å². The number of carbonyl (C=O) groups is 11. The number of rotatable bonds is 44. The predicted octanol–water partition coefficient (Wildman–Crippen LogP) is -0.356. The highest BCUT2D eigenvalue weighted by Gasteiger charge is 2.35. The molecule has 0 radical (unpaired) electrons. The van der Waals surface area contributed by atoms with E-state index in [0.717, 1.165) is 0 Å². The Morgan fingerprint density at radius 2 is 0.849 bits per heavy atom. The highest BCUT2D eigenvalue weighted by atomic mass is 16.4. The number of carbonyl (C=O) groups excluding carboxylic acids is 9. The van der Waals surface area contributed by atoms with Crippen LogP contribution in [0, 0.1) is 11.8 Å². The molecule has 30 nitrogen and oxygen atoms in total. The summed E-state index contributed by atoms with van der Waals surface area (Å²) < 4.78 is 3.11. The number of aromatic nitrogens is 6. The van der Waals surface area contributed by atoms with Crippen molar-refractivity contribution in [3.05, 3.63) is 95.6 Å². The van der Waals surface area contributed by atoms with E-state index in [4.69, 9.17) is 17.2 Å². The molecule has 0 aliphatic heterocycles. The topological polar surface area (TPSA) is 464 Å². The van der Waals surface area contributed by atoms with E-state index in [2.05, 4.69) is 63.2 Å². The molecule has 0 aliphatic rings.